The summed E-state index contributed by atoms with van der Waals surface area (Å²) >= 11 is 11.9. The Morgan fingerprint density at radius 3 is 2.14 bits per heavy atom. The highest BCUT2D eigenvalue weighted by molar-refractivity contribution is 6.39. The van der Waals surface area contributed by atoms with Gasteiger partial charge in [0.25, 0.3) is 5.91 Å². The summed E-state index contributed by atoms with van der Waals surface area (Å²) in [6.45, 7) is 0. The number of hydrogen-bond donors (Lipinski definition) is 2. The van der Waals surface area contributed by atoms with Crippen molar-refractivity contribution in [3.8, 4) is 0 Å². The Hall–Kier alpha value is -1.71. The zero-order valence-corrected chi connectivity index (χ0v) is 12.7. The van der Waals surface area contributed by atoms with Crippen LogP contribution in [0, 0.1) is 0 Å². The quantitative estimate of drug-likeness (QED) is 0.832. The molecule has 3 rings (SSSR count). The maximum Gasteiger partial charge on any atom is 0.251 e. The van der Waals surface area contributed by atoms with Crippen LogP contribution in [0.3, 0.4) is 0 Å². The average Bonchev–Trinajstić information content (AvgIpc) is 2.86. The minimum Gasteiger partial charge on any atom is -0.396 e. The van der Waals surface area contributed by atoms with E-state index in [0.717, 1.165) is 12.8 Å². The molecule has 0 saturated heterocycles. The van der Waals surface area contributed by atoms with E-state index in [0.29, 0.717) is 21.3 Å². The Morgan fingerprint density at radius 2 is 1.62 bits per heavy atom. The summed E-state index contributed by atoms with van der Waals surface area (Å²) < 4.78 is 0. The third-order valence-corrected chi connectivity index (χ3v) is 4.35. The van der Waals surface area contributed by atoms with Gasteiger partial charge in [-0.3, -0.25) is 4.79 Å². The van der Waals surface area contributed by atoms with Gasteiger partial charge in [0.05, 0.1) is 15.7 Å². The number of nitrogens with one attached hydrogen (secondary N) is 1. The van der Waals surface area contributed by atoms with Gasteiger partial charge in [0.2, 0.25) is 0 Å². The molecule has 3 N–H and O–H groups in total. The van der Waals surface area contributed by atoms with Crippen molar-refractivity contribution in [2.45, 2.75) is 18.9 Å². The second-order valence-electron chi connectivity index (χ2n) is 5.20. The molecule has 0 aromatic heterocycles. The largest absolute Gasteiger partial charge is 0.396 e. The van der Waals surface area contributed by atoms with Crippen LogP contribution in [0.1, 0.15) is 21.5 Å². The molecule has 0 spiro atoms. The number of nitrogen functional groups attached to an aromatic ring is 1. The summed E-state index contributed by atoms with van der Waals surface area (Å²) in [5.74, 6) is -0.184. The number of hydrogen-bond acceptors (Lipinski definition) is 2. The van der Waals surface area contributed by atoms with Crippen molar-refractivity contribution in [1.82, 2.24) is 5.32 Å². The average molecular weight is 321 g/mol. The van der Waals surface area contributed by atoms with Crippen molar-refractivity contribution in [3.05, 3.63) is 63.1 Å². The molecule has 1 aliphatic carbocycles. The second-order valence-corrected chi connectivity index (χ2v) is 6.02. The number of benzene rings is 2. The molecule has 0 aliphatic heterocycles. The summed E-state index contributed by atoms with van der Waals surface area (Å²) in [4.78, 5) is 12.3. The molecule has 2 aromatic rings. The maximum atomic E-state index is 12.3. The Bertz CT molecular complexity index is 667. The molecule has 0 radical (unpaired) electrons. The molecule has 0 bridgehead atoms. The second kappa shape index (κ2) is 5.58. The smallest absolute Gasteiger partial charge is 0.251 e. The van der Waals surface area contributed by atoms with E-state index in [1.165, 1.54) is 11.1 Å². The predicted octanol–water partition coefficient (Wildman–Crippen LogP) is 3.47. The van der Waals surface area contributed by atoms with E-state index in [4.69, 9.17) is 28.9 Å². The molecule has 0 unspecified atom stereocenters. The lowest BCUT2D eigenvalue weighted by Gasteiger charge is -2.13. The van der Waals surface area contributed by atoms with Crippen LogP contribution >= 0.6 is 23.2 Å². The van der Waals surface area contributed by atoms with Crippen LogP contribution in [-0.2, 0) is 12.8 Å². The summed E-state index contributed by atoms with van der Waals surface area (Å²) in [6, 6.07) is 11.4. The molecule has 108 valence electrons. The van der Waals surface area contributed by atoms with Crippen LogP contribution in [0.5, 0.6) is 0 Å². The number of rotatable bonds is 2. The lowest BCUT2D eigenvalue weighted by Crippen LogP contribution is -2.35. The zero-order chi connectivity index (χ0) is 15.0. The van der Waals surface area contributed by atoms with Gasteiger partial charge < -0.3 is 11.1 Å². The van der Waals surface area contributed by atoms with Gasteiger partial charge in [0.15, 0.2) is 0 Å². The minimum atomic E-state index is -0.184. The summed E-state index contributed by atoms with van der Waals surface area (Å²) in [6.07, 6.45) is 1.69. The van der Waals surface area contributed by atoms with Crippen LogP contribution in [0.15, 0.2) is 36.4 Å². The number of amides is 1. The normalized spacial score (nSPS) is 14.0. The van der Waals surface area contributed by atoms with E-state index in [1.54, 1.807) is 12.1 Å². The lowest BCUT2D eigenvalue weighted by atomic mass is 10.1. The molecule has 3 nitrogen and oxygen atoms in total. The summed E-state index contributed by atoms with van der Waals surface area (Å²) in [5, 5.41) is 3.61. The number of halogens is 2. The number of nitrogens with two attached hydrogens (primary N) is 1. The molecule has 21 heavy (non-hydrogen) atoms. The first-order valence-corrected chi connectivity index (χ1v) is 7.42. The third-order valence-electron chi connectivity index (χ3n) is 3.73. The SMILES string of the molecule is Nc1c(Cl)cc(C(=O)NC2Cc3ccccc3C2)cc1Cl. The van der Waals surface area contributed by atoms with Crippen LogP contribution < -0.4 is 11.1 Å². The van der Waals surface area contributed by atoms with Crippen molar-refractivity contribution in [2.75, 3.05) is 5.73 Å². The molecule has 5 heteroatoms. The molecular formula is C16H14Cl2N2O. The molecule has 1 aliphatic rings. The van der Waals surface area contributed by atoms with Gasteiger partial charge in [-0.05, 0) is 36.1 Å². The van der Waals surface area contributed by atoms with Gasteiger partial charge in [-0.15, -0.1) is 0 Å². The van der Waals surface area contributed by atoms with E-state index in [1.807, 2.05) is 12.1 Å². The van der Waals surface area contributed by atoms with E-state index < -0.39 is 0 Å². The van der Waals surface area contributed by atoms with Gasteiger partial charge in [-0.25, -0.2) is 0 Å². The van der Waals surface area contributed by atoms with Gasteiger partial charge in [0.1, 0.15) is 0 Å². The Kier molecular flexibility index (Phi) is 3.79. The molecular weight excluding hydrogens is 307 g/mol. The van der Waals surface area contributed by atoms with Gasteiger partial charge in [-0.1, -0.05) is 47.5 Å². The van der Waals surface area contributed by atoms with Gasteiger partial charge in [-0.2, -0.15) is 0 Å². The fraction of sp³-hybridized carbons (Fsp3) is 0.188. The number of carbonyl (C=O) groups is 1. The first-order valence-electron chi connectivity index (χ1n) is 6.67. The molecule has 0 atom stereocenters. The zero-order valence-electron chi connectivity index (χ0n) is 11.2. The van der Waals surface area contributed by atoms with Crippen molar-refractivity contribution in [3.63, 3.8) is 0 Å². The Balaban J connectivity index is 1.74. The van der Waals surface area contributed by atoms with Crippen molar-refractivity contribution in [1.29, 1.82) is 0 Å². The first kappa shape index (κ1) is 14.2. The number of anilines is 1. The predicted molar refractivity (Wildman–Crippen MR) is 86.0 cm³/mol. The molecule has 0 heterocycles. The highest BCUT2D eigenvalue weighted by atomic mass is 35.5. The first-order chi connectivity index (χ1) is 10.0. The fourth-order valence-corrected chi connectivity index (χ4v) is 3.13. The van der Waals surface area contributed by atoms with Crippen molar-refractivity contribution >= 4 is 34.8 Å². The van der Waals surface area contributed by atoms with Crippen molar-refractivity contribution in [2.24, 2.45) is 0 Å². The van der Waals surface area contributed by atoms with E-state index in [-0.39, 0.29) is 11.9 Å². The van der Waals surface area contributed by atoms with Crippen LogP contribution in [0.2, 0.25) is 10.0 Å². The number of fused-ring (bicyclic) bond motifs is 1. The standard InChI is InChI=1S/C16H14Cl2N2O/c17-13-7-11(8-14(18)15(13)19)16(21)20-12-5-9-3-1-2-4-10(9)6-12/h1-4,7-8,12H,5-6,19H2,(H,20,21). The van der Waals surface area contributed by atoms with Gasteiger partial charge >= 0.3 is 0 Å². The molecule has 0 saturated carbocycles. The van der Waals surface area contributed by atoms with Crippen LogP contribution in [-0.4, -0.2) is 11.9 Å². The fourth-order valence-electron chi connectivity index (χ4n) is 2.65. The molecule has 1 amide bonds. The van der Waals surface area contributed by atoms with Crippen LogP contribution in [0.4, 0.5) is 5.69 Å². The van der Waals surface area contributed by atoms with E-state index in [9.17, 15) is 4.79 Å². The molecule has 2 aromatic carbocycles. The molecule has 0 fully saturated rings. The highest BCUT2D eigenvalue weighted by Crippen LogP contribution is 2.29. The monoisotopic (exact) mass is 320 g/mol. The van der Waals surface area contributed by atoms with Crippen LogP contribution in [0.25, 0.3) is 0 Å². The third kappa shape index (κ3) is 2.85. The summed E-state index contributed by atoms with van der Waals surface area (Å²) in [7, 11) is 0. The summed E-state index contributed by atoms with van der Waals surface area (Å²) in [5.41, 5.74) is 8.97. The Labute approximate surface area is 133 Å². The Morgan fingerprint density at radius 1 is 1.10 bits per heavy atom. The number of carbonyl (C=O) groups excluding carboxylic acids is 1. The van der Waals surface area contributed by atoms with E-state index >= 15 is 0 Å². The van der Waals surface area contributed by atoms with Crippen molar-refractivity contribution < 1.29 is 4.79 Å². The van der Waals surface area contributed by atoms with Gasteiger partial charge in [0, 0.05) is 11.6 Å². The topological polar surface area (TPSA) is 55.1 Å². The highest BCUT2D eigenvalue weighted by Gasteiger charge is 2.23. The maximum absolute atomic E-state index is 12.3. The minimum absolute atomic E-state index is 0.102. The lowest BCUT2D eigenvalue weighted by molar-refractivity contribution is 0.0938. The van der Waals surface area contributed by atoms with E-state index in [2.05, 4.69) is 17.4 Å².